The Morgan fingerprint density at radius 3 is 2.56 bits per heavy atom. The van der Waals surface area contributed by atoms with Crippen LogP contribution in [0.5, 0.6) is 0 Å². The van der Waals surface area contributed by atoms with Crippen LogP contribution in [-0.2, 0) is 10.0 Å². The van der Waals surface area contributed by atoms with Gasteiger partial charge in [-0.15, -0.1) is 23.7 Å². The van der Waals surface area contributed by atoms with Crippen LogP contribution in [0.3, 0.4) is 0 Å². The highest BCUT2D eigenvalue weighted by molar-refractivity contribution is 7.91. The Morgan fingerprint density at radius 2 is 2.12 bits per heavy atom. The van der Waals surface area contributed by atoms with Crippen molar-refractivity contribution in [3.8, 4) is 0 Å². The molecule has 0 saturated heterocycles. The molecule has 0 atom stereocenters. The summed E-state index contributed by atoms with van der Waals surface area (Å²) < 4.78 is 25.9. The van der Waals surface area contributed by atoms with E-state index in [1.54, 1.807) is 20.2 Å². The Bertz CT molecular complexity index is 419. The second kappa shape index (κ2) is 6.78. The molecule has 0 bridgehead atoms. The molecular weight excluding hydrogens is 291 g/mol. The van der Waals surface area contributed by atoms with E-state index in [2.05, 4.69) is 5.32 Å². The number of halogens is 2. The topological polar surface area (TPSA) is 49.4 Å². The smallest absolute Gasteiger partial charge is 0.252 e. The van der Waals surface area contributed by atoms with Gasteiger partial charge >= 0.3 is 0 Å². The summed E-state index contributed by atoms with van der Waals surface area (Å²) in [6.45, 7) is 1.06. The van der Waals surface area contributed by atoms with E-state index in [1.807, 2.05) is 0 Å². The molecule has 0 aliphatic carbocycles. The van der Waals surface area contributed by atoms with Crippen molar-refractivity contribution in [3.63, 3.8) is 0 Å². The summed E-state index contributed by atoms with van der Waals surface area (Å²) >= 11 is 6.77. The molecule has 0 aliphatic rings. The number of nitrogens with zero attached hydrogens (tertiary/aromatic N) is 1. The lowest BCUT2D eigenvalue weighted by atomic mass is 10.6. The van der Waals surface area contributed by atoms with E-state index in [-0.39, 0.29) is 16.6 Å². The maximum absolute atomic E-state index is 11.9. The molecule has 0 spiro atoms. The Labute approximate surface area is 111 Å². The predicted octanol–water partition coefficient (Wildman–Crippen LogP) is 1.66. The van der Waals surface area contributed by atoms with Gasteiger partial charge in [0.15, 0.2) is 0 Å². The van der Waals surface area contributed by atoms with Gasteiger partial charge < -0.3 is 5.32 Å². The van der Waals surface area contributed by atoms with Gasteiger partial charge in [0.2, 0.25) is 0 Å². The molecule has 1 N–H and O–H groups in total. The van der Waals surface area contributed by atoms with Crippen molar-refractivity contribution >= 4 is 45.4 Å². The number of rotatable bonds is 5. The van der Waals surface area contributed by atoms with E-state index >= 15 is 0 Å². The van der Waals surface area contributed by atoms with Crippen LogP contribution in [0.2, 0.25) is 4.34 Å². The fraction of sp³-hybridized carbons (Fsp3) is 0.500. The molecule has 0 aliphatic heterocycles. The van der Waals surface area contributed by atoms with Gasteiger partial charge in [0.05, 0.1) is 4.34 Å². The van der Waals surface area contributed by atoms with E-state index in [9.17, 15) is 8.42 Å². The number of hydrogen-bond donors (Lipinski definition) is 1. The third kappa shape index (κ3) is 3.87. The fourth-order valence-electron chi connectivity index (χ4n) is 0.979. The summed E-state index contributed by atoms with van der Waals surface area (Å²) in [5, 5.41) is 2.90. The average molecular weight is 305 g/mol. The van der Waals surface area contributed by atoms with E-state index in [0.29, 0.717) is 17.4 Å². The molecule has 0 amide bonds. The Morgan fingerprint density at radius 1 is 1.50 bits per heavy atom. The second-order valence-electron chi connectivity index (χ2n) is 2.99. The molecule has 0 unspecified atom stereocenters. The average Bonchev–Trinajstić information content (AvgIpc) is 2.61. The summed E-state index contributed by atoms with van der Waals surface area (Å²) in [5.74, 6) is 0. The normalized spacial score (nSPS) is 11.5. The number of sulfonamides is 1. The van der Waals surface area contributed by atoms with Gasteiger partial charge in [-0.25, -0.2) is 8.42 Å². The van der Waals surface area contributed by atoms with E-state index in [4.69, 9.17) is 11.6 Å². The summed E-state index contributed by atoms with van der Waals surface area (Å²) in [6.07, 6.45) is 0. The maximum Gasteiger partial charge on any atom is 0.252 e. The third-order valence-electron chi connectivity index (χ3n) is 1.89. The minimum absolute atomic E-state index is 0. The molecule has 0 radical (unpaired) electrons. The monoisotopic (exact) mass is 304 g/mol. The van der Waals surface area contributed by atoms with Crippen LogP contribution in [0.15, 0.2) is 16.3 Å². The largest absolute Gasteiger partial charge is 0.318 e. The Hall–Kier alpha value is 0.150. The number of likely N-dealkylation sites (N-methyl/N-ethyl adjacent to an activating group) is 2. The molecule has 0 fully saturated rings. The molecule has 1 heterocycles. The highest BCUT2D eigenvalue weighted by Crippen LogP contribution is 2.27. The molecular formula is C8H14Cl2N2O2S2. The summed E-state index contributed by atoms with van der Waals surface area (Å²) in [6, 6.07) is 3.11. The second-order valence-corrected chi connectivity index (χ2v) is 6.98. The van der Waals surface area contributed by atoms with Crippen molar-refractivity contribution in [1.82, 2.24) is 9.62 Å². The van der Waals surface area contributed by atoms with Crippen LogP contribution in [0.25, 0.3) is 0 Å². The van der Waals surface area contributed by atoms with Gasteiger partial charge in [-0.05, 0) is 19.2 Å². The quantitative estimate of drug-likeness (QED) is 0.900. The van der Waals surface area contributed by atoms with Crippen LogP contribution < -0.4 is 5.32 Å². The van der Waals surface area contributed by atoms with Crippen molar-refractivity contribution < 1.29 is 8.42 Å². The predicted molar refractivity (Wildman–Crippen MR) is 70.3 cm³/mol. The van der Waals surface area contributed by atoms with Crippen molar-refractivity contribution in [1.29, 1.82) is 0 Å². The van der Waals surface area contributed by atoms with Crippen LogP contribution in [0.4, 0.5) is 0 Å². The van der Waals surface area contributed by atoms with Gasteiger partial charge in [0.25, 0.3) is 10.0 Å². The van der Waals surface area contributed by atoms with E-state index < -0.39 is 10.0 Å². The first kappa shape index (κ1) is 16.1. The van der Waals surface area contributed by atoms with Gasteiger partial charge in [-0.2, -0.15) is 4.31 Å². The summed E-state index contributed by atoms with van der Waals surface area (Å²) in [4.78, 5) is 0. The zero-order valence-electron chi connectivity index (χ0n) is 8.94. The minimum Gasteiger partial charge on any atom is -0.318 e. The zero-order valence-corrected chi connectivity index (χ0v) is 12.1. The first-order valence-corrected chi connectivity index (χ1v) is 6.98. The molecule has 8 heteroatoms. The van der Waals surface area contributed by atoms with Crippen LogP contribution >= 0.6 is 35.3 Å². The van der Waals surface area contributed by atoms with Crippen LogP contribution in [-0.4, -0.2) is 39.9 Å². The third-order valence-corrected chi connectivity index (χ3v) is 5.45. The molecule has 0 saturated carbocycles. The Kier molecular flexibility index (Phi) is 6.84. The minimum atomic E-state index is -3.36. The number of hydrogen-bond acceptors (Lipinski definition) is 4. The number of nitrogens with one attached hydrogen (secondary N) is 1. The molecule has 1 rings (SSSR count). The van der Waals surface area contributed by atoms with Crippen molar-refractivity contribution in [2.24, 2.45) is 0 Å². The van der Waals surface area contributed by atoms with E-state index in [0.717, 1.165) is 11.3 Å². The molecule has 1 aromatic heterocycles. The lowest BCUT2D eigenvalue weighted by Crippen LogP contribution is -2.32. The maximum atomic E-state index is 11.9. The summed E-state index contributed by atoms with van der Waals surface area (Å²) in [5.41, 5.74) is 0. The molecule has 0 aromatic carbocycles. The highest BCUT2D eigenvalue weighted by Gasteiger charge is 2.21. The van der Waals surface area contributed by atoms with Gasteiger partial charge in [-0.3, -0.25) is 0 Å². The standard InChI is InChI=1S/C8H13ClN2O2S2.ClH/c1-10-5-6-11(2)15(12,13)8-4-3-7(9)14-8;/h3-4,10H,5-6H2,1-2H3;1H. The van der Waals surface area contributed by atoms with Gasteiger partial charge in [0.1, 0.15) is 4.21 Å². The Balaban J connectivity index is 0.00000225. The lowest BCUT2D eigenvalue weighted by molar-refractivity contribution is 0.467. The van der Waals surface area contributed by atoms with E-state index in [1.165, 1.54) is 10.4 Å². The summed E-state index contributed by atoms with van der Waals surface area (Å²) in [7, 11) is -0.0269. The molecule has 4 nitrogen and oxygen atoms in total. The fourth-order valence-corrected chi connectivity index (χ4v) is 3.84. The zero-order chi connectivity index (χ0) is 11.5. The molecule has 1 aromatic rings. The van der Waals surface area contributed by atoms with Gasteiger partial charge in [0, 0.05) is 20.1 Å². The first-order valence-electron chi connectivity index (χ1n) is 4.34. The van der Waals surface area contributed by atoms with Gasteiger partial charge in [-0.1, -0.05) is 11.6 Å². The first-order chi connectivity index (χ1) is 6.98. The van der Waals surface area contributed by atoms with Crippen LogP contribution in [0.1, 0.15) is 0 Å². The molecule has 94 valence electrons. The van der Waals surface area contributed by atoms with Crippen LogP contribution in [0, 0.1) is 0 Å². The van der Waals surface area contributed by atoms with Crippen molar-refractivity contribution in [2.75, 3.05) is 27.2 Å². The number of thiophene rings is 1. The SMILES string of the molecule is CNCCN(C)S(=O)(=O)c1ccc(Cl)s1.Cl. The lowest BCUT2D eigenvalue weighted by Gasteiger charge is -2.15. The molecule has 16 heavy (non-hydrogen) atoms. The van der Waals surface area contributed by atoms with Crippen molar-refractivity contribution in [2.45, 2.75) is 4.21 Å². The van der Waals surface area contributed by atoms with Crippen molar-refractivity contribution in [3.05, 3.63) is 16.5 Å². The highest BCUT2D eigenvalue weighted by atomic mass is 35.5.